The molecule has 3 heterocycles. The van der Waals surface area contributed by atoms with Crippen LogP contribution in [0.3, 0.4) is 0 Å². The van der Waals surface area contributed by atoms with Gasteiger partial charge in [-0.05, 0) is 56.2 Å². The first-order valence-corrected chi connectivity index (χ1v) is 11.9. The fourth-order valence-electron chi connectivity index (χ4n) is 4.39. The van der Waals surface area contributed by atoms with Crippen LogP contribution >= 0.6 is 11.3 Å². The lowest BCUT2D eigenvalue weighted by Gasteiger charge is -2.30. The first kappa shape index (κ1) is 21.6. The second kappa shape index (κ2) is 9.64. The first-order chi connectivity index (χ1) is 15.0. The van der Waals surface area contributed by atoms with Crippen molar-refractivity contribution in [2.24, 2.45) is 0 Å². The van der Waals surface area contributed by atoms with E-state index in [1.54, 1.807) is 22.2 Å². The largest absolute Gasteiger partial charge is 0.349 e. The molecule has 1 aliphatic heterocycles. The van der Waals surface area contributed by atoms with Gasteiger partial charge in [0.05, 0.1) is 4.88 Å². The van der Waals surface area contributed by atoms with Crippen molar-refractivity contribution in [1.82, 2.24) is 20.0 Å². The number of likely N-dealkylation sites (tertiary alicyclic amines) is 1. The van der Waals surface area contributed by atoms with E-state index in [9.17, 15) is 9.59 Å². The van der Waals surface area contributed by atoms with E-state index in [0.717, 1.165) is 52.8 Å². The Labute approximate surface area is 187 Å². The van der Waals surface area contributed by atoms with Crippen molar-refractivity contribution in [1.29, 1.82) is 0 Å². The van der Waals surface area contributed by atoms with Crippen LogP contribution in [0.2, 0.25) is 0 Å². The molecule has 1 saturated heterocycles. The summed E-state index contributed by atoms with van der Waals surface area (Å²) in [6.45, 7) is 4.98. The Bertz CT molecular complexity index is 1040. The molecule has 7 heteroatoms. The topological polar surface area (TPSA) is 67.2 Å². The predicted octanol–water partition coefficient (Wildman–Crippen LogP) is 4.25. The molecule has 1 N–H and O–H groups in total. The Balaban J connectivity index is 1.65. The number of carbonyl (C=O) groups is 2. The van der Waals surface area contributed by atoms with Gasteiger partial charge in [0.15, 0.2) is 0 Å². The van der Waals surface area contributed by atoms with Gasteiger partial charge in [-0.2, -0.15) is 5.10 Å². The van der Waals surface area contributed by atoms with Crippen molar-refractivity contribution in [3.8, 4) is 0 Å². The van der Waals surface area contributed by atoms with Crippen molar-refractivity contribution in [2.45, 2.75) is 64.6 Å². The van der Waals surface area contributed by atoms with Gasteiger partial charge in [-0.3, -0.25) is 14.3 Å². The maximum atomic E-state index is 13.2. The Morgan fingerprint density at radius 1 is 1.19 bits per heavy atom. The van der Waals surface area contributed by atoms with Crippen molar-refractivity contribution in [3.63, 3.8) is 0 Å². The molecule has 2 aromatic heterocycles. The third-order valence-corrected chi connectivity index (χ3v) is 7.03. The zero-order valence-corrected chi connectivity index (χ0v) is 19.0. The van der Waals surface area contributed by atoms with Crippen LogP contribution < -0.4 is 5.32 Å². The highest BCUT2D eigenvalue weighted by Crippen LogP contribution is 2.34. The van der Waals surface area contributed by atoms with Crippen LogP contribution in [0.15, 0.2) is 42.7 Å². The van der Waals surface area contributed by atoms with Gasteiger partial charge in [-0.15, -0.1) is 11.3 Å². The normalized spacial score (nSPS) is 17.1. The van der Waals surface area contributed by atoms with E-state index >= 15 is 0 Å². The van der Waals surface area contributed by atoms with E-state index in [1.807, 2.05) is 43.1 Å². The van der Waals surface area contributed by atoms with Gasteiger partial charge in [0, 0.05) is 35.7 Å². The molecule has 1 aromatic carbocycles. The van der Waals surface area contributed by atoms with E-state index in [4.69, 9.17) is 0 Å². The molecule has 0 spiro atoms. The van der Waals surface area contributed by atoms with Crippen LogP contribution in [-0.4, -0.2) is 45.1 Å². The van der Waals surface area contributed by atoms with E-state index in [2.05, 4.69) is 22.5 Å². The first-order valence-electron chi connectivity index (χ1n) is 11.1. The smallest absolute Gasteiger partial charge is 0.261 e. The van der Waals surface area contributed by atoms with Crippen molar-refractivity contribution in [3.05, 3.63) is 53.2 Å². The van der Waals surface area contributed by atoms with Crippen molar-refractivity contribution < 1.29 is 9.59 Å². The minimum atomic E-state index is -0.0192. The van der Waals surface area contributed by atoms with Gasteiger partial charge in [-0.25, -0.2) is 0 Å². The summed E-state index contributed by atoms with van der Waals surface area (Å²) < 4.78 is 2.81. The molecule has 0 bridgehead atoms. The summed E-state index contributed by atoms with van der Waals surface area (Å²) in [6.07, 6.45) is 8.44. The van der Waals surface area contributed by atoms with Crippen LogP contribution in [0.4, 0.5) is 0 Å². The number of thiophene rings is 1. The van der Waals surface area contributed by atoms with Crippen LogP contribution in [0, 0.1) is 0 Å². The van der Waals surface area contributed by atoms with Gasteiger partial charge < -0.3 is 10.2 Å². The van der Waals surface area contributed by atoms with Gasteiger partial charge in [0.2, 0.25) is 5.91 Å². The summed E-state index contributed by atoms with van der Waals surface area (Å²) in [4.78, 5) is 29.0. The molecule has 2 amide bonds. The van der Waals surface area contributed by atoms with E-state index in [1.165, 1.54) is 0 Å². The third-order valence-electron chi connectivity index (χ3n) is 5.82. The lowest BCUT2D eigenvalue weighted by Crippen LogP contribution is -2.43. The number of carbonyl (C=O) groups excluding carboxylic acids is 2. The second-order valence-corrected chi connectivity index (χ2v) is 9.58. The number of amides is 2. The fraction of sp³-hybridized carbons (Fsp3) is 0.458. The standard InChI is InChI=1S/C24H30N4O2S/c1-17(2)26-24(30)23-20(19-10-5-6-11-21(19)31-23)15-18-9-4-3-7-14-28(18)22(29)16-27-13-8-12-25-27/h5-6,8,10-13,17-18H,3-4,7,9,14-16H2,1-2H3,(H,26,30)/t18-/m1/s1. The van der Waals surface area contributed by atoms with Crippen LogP contribution in [0.25, 0.3) is 10.1 Å². The molecule has 0 unspecified atom stereocenters. The number of hydrogen-bond donors (Lipinski definition) is 1. The summed E-state index contributed by atoms with van der Waals surface area (Å²) in [6, 6.07) is 10.2. The zero-order chi connectivity index (χ0) is 21.8. The van der Waals surface area contributed by atoms with Gasteiger partial charge in [0.25, 0.3) is 5.91 Å². The zero-order valence-electron chi connectivity index (χ0n) is 18.2. The molecule has 0 radical (unpaired) electrons. The van der Waals surface area contributed by atoms with Crippen LogP contribution in [-0.2, 0) is 17.8 Å². The minimum Gasteiger partial charge on any atom is -0.349 e. The Morgan fingerprint density at radius 2 is 2.03 bits per heavy atom. The van der Waals surface area contributed by atoms with E-state index in [-0.39, 0.29) is 30.4 Å². The summed E-state index contributed by atoms with van der Waals surface area (Å²) in [5.74, 6) is 0.0811. The highest BCUT2D eigenvalue weighted by atomic mass is 32.1. The molecule has 31 heavy (non-hydrogen) atoms. The number of fused-ring (bicyclic) bond motifs is 1. The summed E-state index contributed by atoms with van der Waals surface area (Å²) in [5.41, 5.74) is 1.07. The molecule has 6 nitrogen and oxygen atoms in total. The Hall–Kier alpha value is -2.67. The van der Waals surface area contributed by atoms with Crippen LogP contribution in [0.1, 0.15) is 54.8 Å². The molecule has 3 aromatic rings. The quantitative estimate of drug-likeness (QED) is 0.626. The number of benzene rings is 1. The number of nitrogens with one attached hydrogen (secondary N) is 1. The predicted molar refractivity (Wildman–Crippen MR) is 124 cm³/mol. The fourth-order valence-corrected chi connectivity index (χ4v) is 5.53. The van der Waals surface area contributed by atoms with Gasteiger partial charge in [-0.1, -0.05) is 31.0 Å². The SMILES string of the molecule is CC(C)NC(=O)c1sc2ccccc2c1C[C@H]1CCCCCN1C(=O)Cn1cccn1. The third kappa shape index (κ3) is 4.98. The molecular weight excluding hydrogens is 408 g/mol. The van der Waals surface area contributed by atoms with Crippen molar-refractivity contribution in [2.75, 3.05) is 6.54 Å². The molecule has 164 valence electrons. The van der Waals surface area contributed by atoms with E-state index < -0.39 is 0 Å². The molecule has 0 saturated carbocycles. The summed E-state index contributed by atoms with van der Waals surface area (Å²) in [7, 11) is 0. The van der Waals surface area contributed by atoms with E-state index in [0.29, 0.717) is 6.42 Å². The monoisotopic (exact) mass is 438 g/mol. The number of hydrogen-bond acceptors (Lipinski definition) is 4. The highest BCUT2D eigenvalue weighted by Gasteiger charge is 2.29. The van der Waals surface area contributed by atoms with Crippen LogP contribution in [0.5, 0.6) is 0 Å². The molecular formula is C24H30N4O2S. The summed E-state index contributed by atoms with van der Waals surface area (Å²) >= 11 is 1.55. The number of rotatable bonds is 6. The van der Waals surface area contributed by atoms with Crippen molar-refractivity contribution >= 4 is 33.2 Å². The molecule has 0 aliphatic carbocycles. The maximum absolute atomic E-state index is 13.2. The molecule has 1 atom stereocenters. The lowest BCUT2D eigenvalue weighted by atomic mass is 9.97. The number of aromatic nitrogens is 2. The average Bonchev–Trinajstić information content (AvgIpc) is 3.30. The van der Waals surface area contributed by atoms with Gasteiger partial charge in [0.1, 0.15) is 6.54 Å². The molecule has 1 fully saturated rings. The maximum Gasteiger partial charge on any atom is 0.261 e. The summed E-state index contributed by atoms with van der Waals surface area (Å²) in [5, 5.41) is 8.38. The molecule has 1 aliphatic rings. The van der Waals surface area contributed by atoms with Gasteiger partial charge >= 0.3 is 0 Å². The highest BCUT2D eigenvalue weighted by molar-refractivity contribution is 7.21. The minimum absolute atomic E-state index is 0.0192. The average molecular weight is 439 g/mol. The number of nitrogens with zero attached hydrogens (tertiary/aromatic N) is 3. The lowest BCUT2D eigenvalue weighted by molar-refractivity contribution is -0.134. The second-order valence-electron chi connectivity index (χ2n) is 8.53. The molecule has 4 rings (SSSR count). The Morgan fingerprint density at radius 3 is 2.81 bits per heavy atom. The Kier molecular flexibility index (Phi) is 6.70.